The summed E-state index contributed by atoms with van der Waals surface area (Å²) in [7, 11) is -2.57. The van der Waals surface area contributed by atoms with Gasteiger partial charge in [0, 0.05) is 12.1 Å². The van der Waals surface area contributed by atoms with Crippen LogP contribution in [0.1, 0.15) is 58.3 Å². The second-order valence-electron chi connectivity index (χ2n) is 6.03. The third-order valence-electron chi connectivity index (χ3n) is 3.78. The molecule has 0 amide bonds. The van der Waals surface area contributed by atoms with Crippen molar-refractivity contribution in [1.29, 1.82) is 0 Å². The van der Waals surface area contributed by atoms with Crippen LogP contribution in [0.3, 0.4) is 0 Å². The van der Waals surface area contributed by atoms with Crippen molar-refractivity contribution in [2.75, 3.05) is 13.2 Å². The number of unbranched alkanes of at least 4 members (excludes halogenated alkanes) is 7. The van der Waals surface area contributed by atoms with Crippen molar-refractivity contribution in [1.82, 2.24) is 0 Å². The summed E-state index contributed by atoms with van der Waals surface area (Å²) in [4.78, 5) is 21.5. The fraction of sp³-hybridized carbons (Fsp3) is 0.611. The van der Waals surface area contributed by atoms with Gasteiger partial charge in [-0.05, 0) is 18.6 Å². The zero-order valence-corrected chi connectivity index (χ0v) is 16.5. The van der Waals surface area contributed by atoms with E-state index in [2.05, 4.69) is 6.92 Å². The van der Waals surface area contributed by atoms with Crippen LogP contribution in [-0.2, 0) is 18.6 Å². The quantitative estimate of drug-likeness (QED) is 0.129. The number of carbonyl (C=O) groups excluding carboxylic acids is 1. The number of rotatable bonds is 15. The Hall–Kier alpha value is -2.05. The molecule has 0 fully saturated rings. The maximum absolute atomic E-state index is 11.6. The van der Waals surface area contributed by atoms with Crippen LogP contribution >= 0.6 is 8.25 Å². The predicted octanol–water partition coefficient (Wildman–Crippen LogP) is 5.33. The lowest BCUT2D eigenvalue weighted by atomic mass is 10.1. The van der Waals surface area contributed by atoms with Crippen LogP contribution in [0.4, 0.5) is 5.69 Å². The Labute approximate surface area is 160 Å². The van der Waals surface area contributed by atoms with E-state index in [0.29, 0.717) is 6.61 Å². The monoisotopic (exact) mass is 400 g/mol. The van der Waals surface area contributed by atoms with Crippen molar-refractivity contribution >= 4 is 19.9 Å². The molecule has 0 saturated carbocycles. The lowest BCUT2D eigenvalue weighted by Gasteiger charge is -2.06. The van der Waals surface area contributed by atoms with E-state index < -0.39 is 25.8 Å². The van der Waals surface area contributed by atoms with Gasteiger partial charge in [-0.3, -0.25) is 14.6 Å². The number of hydrogen-bond donors (Lipinski definition) is 0. The lowest BCUT2D eigenvalue weighted by Crippen LogP contribution is -2.11. The second kappa shape index (κ2) is 14.1. The number of nitro groups is 1. The van der Waals surface area contributed by atoms with Gasteiger partial charge >= 0.3 is 14.2 Å². The van der Waals surface area contributed by atoms with Crippen molar-refractivity contribution in [2.24, 2.45) is 0 Å². The third kappa shape index (κ3) is 11.3. The molecule has 0 N–H and O–H groups in total. The SMILES string of the molecule is CCCCCCCCCCOC(=O)CO[P](=O)Oc1ccc([N+](=O)[O-])cc1. The molecule has 1 atom stereocenters. The summed E-state index contributed by atoms with van der Waals surface area (Å²) < 4.78 is 26.4. The average Bonchev–Trinajstić information content (AvgIpc) is 2.65. The highest BCUT2D eigenvalue weighted by Crippen LogP contribution is 2.29. The first-order valence-electron chi connectivity index (χ1n) is 9.21. The minimum absolute atomic E-state index is 0.108. The second-order valence-corrected chi connectivity index (χ2v) is 6.92. The minimum Gasteiger partial charge on any atom is -0.464 e. The molecule has 1 aromatic carbocycles. The molecule has 0 aliphatic rings. The Kier molecular flexibility index (Phi) is 12.0. The summed E-state index contributed by atoms with van der Waals surface area (Å²) in [5.41, 5.74) is -0.108. The van der Waals surface area contributed by atoms with Gasteiger partial charge in [0.15, 0.2) is 6.61 Å². The smallest absolute Gasteiger partial charge is 0.429 e. The first-order valence-corrected chi connectivity index (χ1v) is 10.3. The predicted molar refractivity (Wildman–Crippen MR) is 101 cm³/mol. The standard InChI is InChI=1S/C18H27NO7P/c1-2-3-4-5-6-7-8-9-14-24-18(20)15-25-27(23)26-17-12-10-16(11-13-17)19(21)22/h10-13H,2-9,14-15H2,1H3. The van der Waals surface area contributed by atoms with E-state index in [-0.39, 0.29) is 11.4 Å². The molecule has 151 valence electrons. The van der Waals surface area contributed by atoms with Gasteiger partial charge in [-0.15, -0.1) is 0 Å². The molecule has 0 saturated heterocycles. The number of benzene rings is 1. The van der Waals surface area contributed by atoms with Crippen LogP contribution in [0.5, 0.6) is 5.75 Å². The Morgan fingerprint density at radius 1 is 1.04 bits per heavy atom. The Balaban J connectivity index is 2.07. The first-order chi connectivity index (χ1) is 13.0. The van der Waals surface area contributed by atoms with Crippen molar-refractivity contribution in [3.05, 3.63) is 34.4 Å². The largest absolute Gasteiger partial charge is 0.464 e. The van der Waals surface area contributed by atoms with Crippen LogP contribution in [0.25, 0.3) is 0 Å². The number of nitro benzene ring substituents is 1. The van der Waals surface area contributed by atoms with Gasteiger partial charge in [-0.1, -0.05) is 51.9 Å². The van der Waals surface area contributed by atoms with Gasteiger partial charge in [0.2, 0.25) is 0 Å². The van der Waals surface area contributed by atoms with Gasteiger partial charge < -0.3 is 9.26 Å². The van der Waals surface area contributed by atoms with Crippen LogP contribution in [0, 0.1) is 10.1 Å². The molecule has 0 aromatic heterocycles. The van der Waals surface area contributed by atoms with Gasteiger partial charge in [-0.2, -0.15) is 0 Å². The molecule has 1 rings (SSSR count). The van der Waals surface area contributed by atoms with Gasteiger partial charge in [0.25, 0.3) is 5.69 Å². The van der Waals surface area contributed by atoms with E-state index >= 15 is 0 Å². The van der Waals surface area contributed by atoms with Gasteiger partial charge in [0.1, 0.15) is 5.75 Å². The molecule has 0 aliphatic carbocycles. The van der Waals surface area contributed by atoms with Gasteiger partial charge in [-0.25, -0.2) is 9.36 Å². The number of esters is 1. The molecular formula is C18H27NO7P. The van der Waals surface area contributed by atoms with Crippen LogP contribution < -0.4 is 4.52 Å². The topological polar surface area (TPSA) is 105 Å². The number of ether oxygens (including phenoxy) is 1. The molecule has 1 aromatic rings. The van der Waals surface area contributed by atoms with Crippen molar-refractivity contribution < 1.29 is 28.1 Å². The molecule has 0 heterocycles. The number of hydrogen-bond acceptors (Lipinski definition) is 7. The van der Waals surface area contributed by atoms with Gasteiger partial charge in [0.05, 0.1) is 11.5 Å². The summed E-state index contributed by atoms with van der Waals surface area (Å²) >= 11 is 0. The highest BCUT2D eigenvalue weighted by Gasteiger charge is 2.11. The molecular weight excluding hydrogens is 373 g/mol. The Bertz CT molecular complexity index is 592. The summed E-state index contributed by atoms with van der Waals surface area (Å²) in [5.74, 6) is -0.456. The summed E-state index contributed by atoms with van der Waals surface area (Å²) in [6.07, 6.45) is 9.20. The van der Waals surface area contributed by atoms with Crippen molar-refractivity contribution in [2.45, 2.75) is 58.3 Å². The molecule has 0 spiro atoms. The molecule has 1 unspecified atom stereocenters. The fourth-order valence-corrected chi connectivity index (χ4v) is 2.87. The first kappa shape index (κ1) is 23.0. The van der Waals surface area contributed by atoms with E-state index in [9.17, 15) is 19.5 Å². The molecule has 9 heteroatoms. The number of non-ortho nitro benzene ring substituents is 1. The van der Waals surface area contributed by atoms with Crippen LogP contribution in [0.2, 0.25) is 0 Å². The zero-order chi connectivity index (χ0) is 19.9. The summed E-state index contributed by atoms with van der Waals surface area (Å²) in [5, 5.41) is 10.5. The van der Waals surface area contributed by atoms with E-state index in [1.807, 2.05) is 0 Å². The third-order valence-corrected chi connectivity index (χ3v) is 4.48. The minimum atomic E-state index is -2.57. The molecule has 27 heavy (non-hydrogen) atoms. The zero-order valence-electron chi connectivity index (χ0n) is 15.6. The normalized spacial score (nSPS) is 11.1. The highest BCUT2D eigenvalue weighted by atomic mass is 31.1. The number of nitrogens with zero attached hydrogens (tertiary/aromatic N) is 1. The van der Waals surface area contributed by atoms with E-state index in [0.717, 1.165) is 19.3 Å². The Morgan fingerprint density at radius 2 is 1.63 bits per heavy atom. The summed E-state index contributed by atoms with van der Waals surface area (Å²) in [6, 6.07) is 5.04. The summed E-state index contributed by atoms with van der Waals surface area (Å²) in [6.45, 7) is 2.03. The molecule has 1 radical (unpaired) electrons. The fourth-order valence-electron chi connectivity index (χ4n) is 2.31. The number of carbonyl (C=O) groups is 1. The molecule has 8 nitrogen and oxygen atoms in total. The van der Waals surface area contributed by atoms with E-state index in [1.165, 1.54) is 56.4 Å². The maximum atomic E-state index is 11.6. The van der Waals surface area contributed by atoms with Crippen molar-refractivity contribution in [3.8, 4) is 5.75 Å². The Morgan fingerprint density at radius 3 is 2.22 bits per heavy atom. The van der Waals surface area contributed by atoms with Crippen LogP contribution in [0.15, 0.2) is 24.3 Å². The van der Waals surface area contributed by atoms with E-state index in [1.54, 1.807) is 0 Å². The van der Waals surface area contributed by atoms with Crippen molar-refractivity contribution in [3.63, 3.8) is 0 Å². The molecule has 0 aliphatic heterocycles. The maximum Gasteiger partial charge on any atom is 0.429 e. The van der Waals surface area contributed by atoms with E-state index in [4.69, 9.17) is 13.8 Å². The molecule has 0 bridgehead atoms. The average molecular weight is 400 g/mol. The van der Waals surface area contributed by atoms with Crippen LogP contribution in [-0.4, -0.2) is 24.1 Å². The lowest BCUT2D eigenvalue weighted by molar-refractivity contribution is -0.384. The highest BCUT2D eigenvalue weighted by molar-refractivity contribution is 7.33.